The van der Waals surface area contributed by atoms with Crippen molar-refractivity contribution < 1.29 is 4.74 Å². The van der Waals surface area contributed by atoms with Gasteiger partial charge in [0.1, 0.15) is 4.60 Å². The fourth-order valence-corrected chi connectivity index (χ4v) is 1.20. The van der Waals surface area contributed by atoms with Crippen LogP contribution in [-0.2, 0) is 0 Å². The van der Waals surface area contributed by atoms with Crippen molar-refractivity contribution in [3.63, 3.8) is 0 Å². The number of aromatic nitrogens is 1. The Bertz CT molecular complexity index is 275. The van der Waals surface area contributed by atoms with Gasteiger partial charge in [0.05, 0.1) is 6.61 Å². The number of ether oxygens (including phenoxy) is 1. The van der Waals surface area contributed by atoms with Crippen molar-refractivity contribution in [3.05, 3.63) is 35.5 Å². The Morgan fingerprint density at radius 3 is 3.08 bits per heavy atom. The van der Waals surface area contributed by atoms with Crippen molar-refractivity contribution in [2.45, 2.75) is 12.8 Å². The Morgan fingerprint density at radius 1 is 1.54 bits per heavy atom. The molecule has 0 radical (unpaired) electrons. The summed E-state index contributed by atoms with van der Waals surface area (Å²) in [6.45, 7) is 4.33. The molecule has 13 heavy (non-hydrogen) atoms. The Hall–Kier alpha value is -0.830. The molecule has 0 aliphatic rings. The fourth-order valence-electron chi connectivity index (χ4n) is 0.874. The number of halogens is 1. The normalized spacial score (nSPS) is 9.62. The minimum Gasteiger partial charge on any atom is -0.478 e. The Balaban J connectivity index is 2.32. The Labute approximate surface area is 86.8 Å². The van der Waals surface area contributed by atoms with E-state index in [4.69, 9.17) is 4.74 Å². The van der Waals surface area contributed by atoms with E-state index >= 15 is 0 Å². The maximum absolute atomic E-state index is 5.40. The largest absolute Gasteiger partial charge is 0.478 e. The maximum atomic E-state index is 5.40. The molecule has 0 saturated carbocycles. The van der Waals surface area contributed by atoms with Gasteiger partial charge in [-0.3, -0.25) is 0 Å². The molecule has 0 aliphatic heterocycles. The molecule has 0 aromatic carbocycles. The summed E-state index contributed by atoms with van der Waals surface area (Å²) in [7, 11) is 0. The topological polar surface area (TPSA) is 22.1 Å². The minimum atomic E-state index is 0.665. The molecule has 1 heterocycles. The zero-order valence-electron chi connectivity index (χ0n) is 7.37. The van der Waals surface area contributed by atoms with Crippen LogP contribution in [0.3, 0.4) is 0 Å². The smallest absolute Gasteiger partial charge is 0.214 e. The number of hydrogen-bond acceptors (Lipinski definition) is 2. The molecule has 0 atom stereocenters. The highest BCUT2D eigenvalue weighted by molar-refractivity contribution is 9.10. The number of allylic oxidation sites excluding steroid dienone is 1. The van der Waals surface area contributed by atoms with Crippen molar-refractivity contribution in [1.82, 2.24) is 4.98 Å². The summed E-state index contributed by atoms with van der Waals surface area (Å²) >= 11 is 3.28. The van der Waals surface area contributed by atoms with Crippen LogP contribution in [0.4, 0.5) is 0 Å². The molecular formula is C10H12BrNO. The molecule has 0 spiro atoms. The van der Waals surface area contributed by atoms with E-state index in [0.29, 0.717) is 12.5 Å². The first-order chi connectivity index (χ1) is 6.33. The number of hydrogen-bond donors (Lipinski definition) is 0. The minimum absolute atomic E-state index is 0.665. The SMILES string of the molecule is C=CCCCOc1cccc(Br)n1. The number of pyridine rings is 1. The Morgan fingerprint density at radius 2 is 2.38 bits per heavy atom. The number of nitrogens with zero attached hydrogens (tertiary/aromatic N) is 1. The summed E-state index contributed by atoms with van der Waals surface area (Å²) in [4.78, 5) is 4.14. The van der Waals surface area contributed by atoms with Crippen molar-refractivity contribution in [1.29, 1.82) is 0 Å². The molecule has 70 valence electrons. The van der Waals surface area contributed by atoms with Gasteiger partial charge in [0, 0.05) is 6.07 Å². The molecule has 1 rings (SSSR count). The van der Waals surface area contributed by atoms with E-state index in [1.165, 1.54) is 0 Å². The second-order valence-corrected chi connectivity index (χ2v) is 3.39. The standard InChI is InChI=1S/C10H12BrNO/c1-2-3-4-8-13-10-7-5-6-9(11)12-10/h2,5-7H,1,3-4,8H2. The van der Waals surface area contributed by atoms with E-state index in [0.717, 1.165) is 17.4 Å². The highest BCUT2D eigenvalue weighted by Gasteiger charge is 1.94. The zero-order chi connectivity index (χ0) is 9.52. The van der Waals surface area contributed by atoms with E-state index in [1.807, 2.05) is 24.3 Å². The van der Waals surface area contributed by atoms with Crippen LogP contribution in [0.15, 0.2) is 35.5 Å². The van der Waals surface area contributed by atoms with Crippen LogP contribution in [0.2, 0.25) is 0 Å². The monoisotopic (exact) mass is 241 g/mol. The third kappa shape index (κ3) is 4.08. The van der Waals surface area contributed by atoms with E-state index in [-0.39, 0.29) is 0 Å². The summed E-state index contributed by atoms with van der Waals surface area (Å²) in [6, 6.07) is 5.62. The molecule has 0 fully saturated rings. The highest BCUT2D eigenvalue weighted by Crippen LogP contribution is 2.12. The van der Waals surface area contributed by atoms with Crippen LogP contribution < -0.4 is 4.74 Å². The summed E-state index contributed by atoms with van der Waals surface area (Å²) in [5, 5.41) is 0. The molecule has 1 aromatic heterocycles. The third-order valence-electron chi connectivity index (χ3n) is 1.49. The first-order valence-electron chi connectivity index (χ1n) is 4.19. The van der Waals surface area contributed by atoms with Crippen LogP contribution in [0.5, 0.6) is 5.88 Å². The zero-order valence-corrected chi connectivity index (χ0v) is 8.96. The van der Waals surface area contributed by atoms with Crippen LogP contribution in [0.1, 0.15) is 12.8 Å². The van der Waals surface area contributed by atoms with Crippen LogP contribution in [-0.4, -0.2) is 11.6 Å². The molecule has 2 nitrogen and oxygen atoms in total. The van der Waals surface area contributed by atoms with Gasteiger partial charge in [-0.05, 0) is 34.8 Å². The number of rotatable bonds is 5. The van der Waals surface area contributed by atoms with E-state index in [9.17, 15) is 0 Å². The predicted octanol–water partition coefficient (Wildman–Crippen LogP) is 3.19. The van der Waals surface area contributed by atoms with Gasteiger partial charge in [-0.25, -0.2) is 4.98 Å². The quantitative estimate of drug-likeness (QED) is 0.449. The molecule has 0 unspecified atom stereocenters. The van der Waals surface area contributed by atoms with Crippen LogP contribution in [0, 0.1) is 0 Å². The molecule has 0 aliphatic carbocycles. The molecule has 0 saturated heterocycles. The molecule has 3 heteroatoms. The van der Waals surface area contributed by atoms with Crippen molar-refractivity contribution >= 4 is 15.9 Å². The van der Waals surface area contributed by atoms with Crippen molar-refractivity contribution in [2.24, 2.45) is 0 Å². The van der Waals surface area contributed by atoms with Crippen molar-refractivity contribution in [2.75, 3.05) is 6.61 Å². The van der Waals surface area contributed by atoms with Crippen molar-refractivity contribution in [3.8, 4) is 5.88 Å². The van der Waals surface area contributed by atoms with Crippen LogP contribution >= 0.6 is 15.9 Å². The van der Waals surface area contributed by atoms with Gasteiger partial charge >= 0.3 is 0 Å². The molecule has 1 aromatic rings. The van der Waals surface area contributed by atoms with E-state index < -0.39 is 0 Å². The lowest BCUT2D eigenvalue weighted by Crippen LogP contribution is -1.98. The van der Waals surface area contributed by atoms with Gasteiger partial charge in [-0.1, -0.05) is 12.1 Å². The van der Waals surface area contributed by atoms with Gasteiger partial charge in [-0.2, -0.15) is 0 Å². The Kier molecular flexibility index (Phi) is 4.54. The predicted molar refractivity (Wildman–Crippen MR) is 56.9 cm³/mol. The van der Waals surface area contributed by atoms with Gasteiger partial charge < -0.3 is 4.74 Å². The second-order valence-electron chi connectivity index (χ2n) is 2.58. The summed E-state index contributed by atoms with van der Waals surface area (Å²) in [5.74, 6) is 0.665. The van der Waals surface area contributed by atoms with Gasteiger partial charge in [0.2, 0.25) is 5.88 Å². The van der Waals surface area contributed by atoms with E-state index in [2.05, 4.69) is 27.5 Å². The fraction of sp³-hybridized carbons (Fsp3) is 0.300. The summed E-state index contributed by atoms with van der Waals surface area (Å²) in [6.07, 6.45) is 3.85. The average molecular weight is 242 g/mol. The lowest BCUT2D eigenvalue weighted by atomic mass is 10.3. The molecule has 0 bridgehead atoms. The second kappa shape index (κ2) is 5.75. The van der Waals surface area contributed by atoms with Gasteiger partial charge in [0.25, 0.3) is 0 Å². The molecule has 0 N–H and O–H groups in total. The first-order valence-corrected chi connectivity index (χ1v) is 4.98. The molecule has 0 amide bonds. The van der Waals surface area contributed by atoms with Crippen LogP contribution in [0.25, 0.3) is 0 Å². The van der Waals surface area contributed by atoms with Gasteiger partial charge in [0.15, 0.2) is 0 Å². The molecular weight excluding hydrogens is 230 g/mol. The third-order valence-corrected chi connectivity index (χ3v) is 1.93. The average Bonchev–Trinajstić information content (AvgIpc) is 2.13. The number of unbranched alkanes of at least 4 members (excludes halogenated alkanes) is 1. The van der Waals surface area contributed by atoms with Gasteiger partial charge in [-0.15, -0.1) is 6.58 Å². The summed E-state index contributed by atoms with van der Waals surface area (Å²) < 4.78 is 6.20. The maximum Gasteiger partial charge on any atom is 0.214 e. The highest BCUT2D eigenvalue weighted by atomic mass is 79.9. The first kappa shape index (κ1) is 10.3. The lowest BCUT2D eigenvalue weighted by molar-refractivity contribution is 0.300. The van der Waals surface area contributed by atoms with E-state index in [1.54, 1.807) is 0 Å². The lowest BCUT2D eigenvalue weighted by Gasteiger charge is -2.03. The summed E-state index contributed by atoms with van der Waals surface area (Å²) in [5.41, 5.74) is 0.